The molecule has 0 bridgehead atoms. The van der Waals surface area contributed by atoms with Crippen LogP contribution in [-0.2, 0) is 24.2 Å². The van der Waals surface area contributed by atoms with Crippen molar-refractivity contribution in [3.8, 4) is 17.4 Å². The molecule has 0 fully saturated rings. The quantitative estimate of drug-likeness (QED) is 0.201. The van der Waals surface area contributed by atoms with Crippen LogP contribution in [0.1, 0.15) is 30.5 Å². The zero-order valence-electron chi connectivity index (χ0n) is 19.1. The maximum atomic E-state index is 5.91. The predicted molar refractivity (Wildman–Crippen MR) is 135 cm³/mol. The van der Waals surface area contributed by atoms with E-state index in [1.54, 1.807) is 20.4 Å². The van der Waals surface area contributed by atoms with Crippen molar-refractivity contribution in [3.63, 3.8) is 0 Å². The lowest BCUT2D eigenvalue weighted by molar-refractivity contribution is 0.143. The molecule has 2 heterocycles. The summed E-state index contributed by atoms with van der Waals surface area (Å²) in [5, 5.41) is 6.66. The molecule has 0 saturated heterocycles. The number of halogens is 1. The topological polar surface area (TPSA) is 86.2 Å². The van der Waals surface area contributed by atoms with E-state index in [2.05, 4.69) is 39.7 Å². The number of methoxy groups -OCH3 is 1. The van der Waals surface area contributed by atoms with Crippen molar-refractivity contribution in [1.29, 1.82) is 0 Å². The Balaban J connectivity index is 0.00000363. The molecule has 2 N–H and O–H groups in total. The molecule has 2 aromatic rings. The van der Waals surface area contributed by atoms with Gasteiger partial charge in [0.1, 0.15) is 24.2 Å². The summed E-state index contributed by atoms with van der Waals surface area (Å²) in [7, 11) is 3.39. The Bertz CT molecular complexity index is 894. The first-order valence-corrected chi connectivity index (χ1v) is 10.6. The molecule has 0 saturated carbocycles. The Morgan fingerprint density at radius 1 is 1.19 bits per heavy atom. The Morgan fingerprint density at radius 3 is 2.69 bits per heavy atom. The fraction of sp³-hybridized carbons (Fsp3) is 0.478. The summed E-state index contributed by atoms with van der Waals surface area (Å²) < 4.78 is 22.5. The van der Waals surface area contributed by atoms with E-state index in [1.165, 1.54) is 5.56 Å². The summed E-state index contributed by atoms with van der Waals surface area (Å²) in [5.41, 5.74) is 3.17. The van der Waals surface area contributed by atoms with Gasteiger partial charge in [-0.25, -0.2) is 4.98 Å². The third-order valence-corrected chi connectivity index (χ3v) is 4.87. The zero-order valence-corrected chi connectivity index (χ0v) is 21.5. The summed E-state index contributed by atoms with van der Waals surface area (Å²) in [6.07, 6.45) is 2.82. The minimum atomic E-state index is 0. The second-order valence-corrected chi connectivity index (χ2v) is 7.22. The van der Waals surface area contributed by atoms with Crippen LogP contribution in [0, 0.1) is 0 Å². The normalized spacial score (nSPS) is 14.8. The number of guanidine groups is 1. The summed E-state index contributed by atoms with van der Waals surface area (Å²) in [6.45, 7) is 6.73. The Labute approximate surface area is 207 Å². The van der Waals surface area contributed by atoms with Gasteiger partial charge in [-0.1, -0.05) is 6.07 Å². The van der Waals surface area contributed by atoms with Gasteiger partial charge in [-0.2, -0.15) is 0 Å². The molecule has 1 aliphatic heterocycles. The molecule has 1 aromatic heterocycles. The van der Waals surface area contributed by atoms with Crippen LogP contribution in [0.15, 0.2) is 35.5 Å². The fourth-order valence-electron chi connectivity index (χ4n) is 3.40. The van der Waals surface area contributed by atoms with Crippen molar-refractivity contribution in [2.45, 2.75) is 39.5 Å². The van der Waals surface area contributed by atoms with E-state index >= 15 is 0 Å². The molecular formula is C23H33IN4O4. The number of fused-ring (bicyclic) bond motifs is 1. The number of nitrogens with zero attached hydrogens (tertiary/aromatic N) is 2. The monoisotopic (exact) mass is 556 g/mol. The van der Waals surface area contributed by atoms with Gasteiger partial charge in [-0.05, 0) is 32.0 Å². The number of pyridine rings is 1. The lowest BCUT2D eigenvalue weighted by Crippen LogP contribution is -2.36. The molecule has 1 unspecified atom stereocenters. The van der Waals surface area contributed by atoms with E-state index in [-0.39, 0.29) is 30.1 Å². The van der Waals surface area contributed by atoms with Gasteiger partial charge in [0.2, 0.25) is 5.88 Å². The number of hydrogen-bond donors (Lipinski definition) is 2. The second kappa shape index (κ2) is 13.3. The molecule has 32 heavy (non-hydrogen) atoms. The Hall–Kier alpha value is -2.27. The van der Waals surface area contributed by atoms with E-state index in [4.69, 9.17) is 18.9 Å². The minimum Gasteiger partial charge on any atom is -0.494 e. The molecule has 8 nitrogen and oxygen atoms in total. The van der Waals surface area contributed by atoms with Gasteiger partial charge in [0.25, 0.3) is 0 Å². The first kappa shape index (κ1) is 26.0. The van der Waals surface area contributed by atoms with Crippen LogP contribution in [0.25, 0.3) is 0 Å². The average molecular weight is 556 g/mol. The first-order chi connectivity index (χ1) is 15.1. The molecule has 176 valence electrons. The number of aliphatic imine (C=N–C) groups is 1. The number of ether oxygens (including phenoxy) is 4. The first-order valence-electron chi connectivity index (χ1n) is 10.6. The van der Waals surface area contributed by atoms with Gasteiger partial charge in [0, 0.05) is 56.6 Å². The molecule has 0 radical (unpaired) electrons. The van der Waals surface area contributed by atoms with Gasteiger partial charge >= 0.3 is 0 Å². The van der Waals surface area contributed by atoms with Crippen molar-refractivity contribution >= 4 is 29.9 Å². The number of nitrogens with one attached hydrogen (secondary N) is 2. The minimum absolute atomic E-state index is 0. The van der Waals surface area contributed by atoms with E-state index in [0.29, 0.717) is 44.7 Å². The molecule has 1 aromatic carbocycles. The third-order valence-electron chi connectivity index (χ3n) is 4.87. The predicted octanol–water partition coefficient (Wildman–Crippen LogP) is 3.31. The van der Waals surface area contributed by atoms with E-state index in [0.717, 1.165) is 29.0 Å². The third kappa shape index (κ3) is 7.13. The summed E-state index contributed by atoms with van der Waals surface area (Å²) in [6, 6.07) is 8.01. The van der Waals surface area contributed by atoms with Crippen LogP contribution >= 0.6 is 24.0 Å². The van der Waals surface area contributed by atoms with Crippen LogP contribution < -0.4 is 24.8 Å². The van der Waals surface area contributed by atoms with Crippen LogP contribution in [0.3, 0.4) is 0 Å². The summed E-state index contributed by atoms with van der Waals surface area (Å²) in [4.78, 5) is 8.64. The number of aromatic nitrogens is 1. The average Bonchev–Trinajstić information content (AvgIpc) is 3.14. The van der Waals surface area contributed by atoms with Crippen LogP contribution in [0.5, 0.6) is 17.4 Å². The highest BCUT2D eigenvalue weighted by Gasteiger charge is 2.22. The van der Waals surface area contributed by atoms with Crippen molar-refractivity contribution in [1.82, 2.24) is 15.6 Å². The smallest absolute Gasteiger partial charge is 0.218 e. The maximum absolute atomic E-state index is 5.91. The van der Waals surface area contributed by atoms with E-state index in [9.17, 15) is 0 Å². The number of rotatable bonds is 10. The van der Waals surface area contributed by atoms with Gasteiger partial charge in [-0.3, -0.25) is 4.99 Å². The zero-order chi connectivity index (χ0) is 22.1. The molecule has 0 amide bonds. The molecule has 1 aliphatic rings. The molecule has 1 atom stereocenters. The molecule has 0 spiro atoms. The SMILES string of the molecule is CCOc1cc2c(cc1CNC(=NC)NCc1cccnc1OCCOC)OC(C)C2.I. The van der Waals surface area contributed by atoms with Gasteiger partial charge in [-0.15, -0.1) is 24.0 Å². The second-order valence-electron chi connectivity index (χ2n) is 7.22. The fourth-order valence-corrected chi connectivity index (χ4v) is 3.40. The van der Waals surface area contributed by atoms with Crippen LogP contribution in [0.2, 0.25) is 0 Å². The largest absolute Gasteiger partial charge is 0.494 e. The van der Waals surface area contributed by atoms with E-state index in [1.807, 2.05) is 19.1 Å². The lowest BCUT2D eigenvalue weighted by Gasteiger charge is -2.16. The lowest BCUT2D eigenvalue weighted by atomic mass is 10.1. The Kier molecular flexibility index (Phi) is 10.8. The highest BCUT2D eigenvalue weighted by molar-refractivity contribution is 14.0. The van der Waals surface area contributed by atoms with Gasteiger partial charge < -0.3 is 29.6 Å². The number of hydrogen-bond acceptors (Lipinski definition) is 6. The molecule has 0 aliphatic carbocycles. The molecular weight excluding hydrogens is 523 g/mol. The highest BCUT2D eigenvalue weighted by Crippen LogP contribution is 2.35. The van der Waals surface area contributed by atoms with Crippen molar-refractivity contribution < 1.29 is 18.9 Å². The number of benzene rings is 1. The van der Waals surface area contributed by atoms with E-state index < -0.39 is 0 Å². The molecule has 9 heteroatoms. The summed E-state index contributed by atoms with van der Waals surface area (Å²) in [5.74, 6) is 3.07. The standard InChI is InChI=1S/C23H32N4O4.HI/c1-5-29-20-12-18-11-16(2)31-21(18)13-19(20)15-27-23(24-3)26-14-17-7-6-8-25-22(17)30-10-9-28-4;/h6-8,12-13,16H,5,9-11,14-15H2,1-4H3,(H2,24,26,27);1H. The van der Waals surface area contributed by atoms with Crippen LogP contribution in [-0.4, -0.2) is 51.0 Å². The van der Waals surface area contributed by atoms with Crippen molar-refractivity contribution in [2.24, 2.45) is 4.99 Å². The van der Waals surface area contributed by atoms with Crippen LogP contribution in [0.4, 0.5) is 0 Å². The van der Waals surface area contributed by atoms with Gasteiger partial charge in [0.15, 0.2) is 5.96 Å². The van der Waals surface area contributed by atoms with Crippen molar-refractivity contribution in [2.75, 3.05) is 34.0 Å². The molecule has 3 rings (SSSR count). The van der Waals surface area contributed by atoms with Crippen molar-refractivity contribution in [3.05, 3.63) is 47.2 Å². The Morgan fingerprint density at radius 2 is 1.97 bits per heavy atom. The summed E-state index contributed by atoms with van der Waals surface area (Å²) >= 11 is 0. The highest BCUT2D eigenvalue weighted by atomic mass is 127. The maximum Gasteiger partial charge on any atom is 0.218 e. The van der Waals surface area contributed by atoms with Gasteiger partial charge in [0.05, 0.1) is 13.2 Å².